The van der Waals surface area contributed by atoms with E-state index < -0.39 is 12.2 Å². The summed E-state index contributed by atoms with van der Waals surface area (Å²) in [5.74, 6) is 4.84. The van der Waals surface area contributed by atoms with Gasteiger partial charge in [-0.2, -0.15) is 0 Å². The summed E-state index contributed by atoms with van der Waals surface area (Å²) in [5.41, 5.74) is 0. The summed E-state index contributed by atoms with van der Waals surface area (Å²) in [7, 11) is 0. The van der Waals surface area contributed by atoms with Gasteiger partial charge in [-0.1, -0.05) is 0 Å². The lowest BCUT2D eigenvalue weighted by molar-refractivity contribution is 0.0180. The molecule has 2 amide bonds. The zero-order valence-corrected chi connectivity index (χ0v) is 9.00. The fourth-order valence-electron chi connectivity index (χ4n) is 1.57. The lowest BCUT2D eigenvalue weighted by Gasteiger charge is -2.32. The predicted octanol–water partition coefficient (Wildman–Crippen LogP) is -0.357. The molecule has 1 aliphatic rings. The van der Waals surface area contributed by atoms with E-state index in [4.69, 9.17) is 16.1 Å². The first-order valence-corrected chi connectivity index (χ1v) is 4.95. The topological polar surface area (TPSA) is 137 Å². The molecular weight excluding hydrogens is 232 g/mol. The number of hydrogen-bond acceptors (Lipinski definition) is 4. The molecule has 0 unspecified atom stereocenters. The summed E-state index contributed by atoms with van der Waals surface area (Å²) >= 11 is 0. The van der Waals surface area contributed by atoms with Gasteiger partial charge in [-0.05, 0) is 12.8 Å². The van der Waals surface area contributed by atoms with Crippen molar-refractivity contribution in [2.45, 2.75) is 18.9 Å². The fourth-order valence-corrected chi connectivity index (χ4v) is 1.57. The summed E-state index contributed by atoms with van der Waals surface area (Å²) in [4.78, 5) is 30.3. The van der Waals surface area contributed by atoms with Crippen LogP contribution in [0.3, 0.4) is 0 Å². The van der Waals surface area contributed by atoms with Crippen molar-refractivity contribution in [2.75, 3.05) is 13.1 Å². The van der Waals surface area contributed by atoms with E-state index in [1.165, 1.54) is 4.90 Å². The molecule has 0 aromatic rings. The average molecular weight is 246 g/mol. The molecule has 1 fully saturated rings. The standard InChI is InChI=1S/C8H14N4O5/c9-17-5-1-3-12(4-2-5)6(10-7(13)14)11-8(15)16/h5H,1-4,9H2,(H,10,11)(H,13,14)(H,15,16). The highest BCUT2D eigenvalue weighted by Crippen LogP contribution is 2.12. The van der Waals surface area contributed by atoms with Crippen LogP contribution in [0.15, 0.2) is 4.99 Å². The van der Waals surface area contributed by atoms with E-state index in [2.05, 4.69) is 9.83 Å². The maximum atomic E-state index is 10.5. The van der Waals surface area contributed by atoms with Crippen molar-refractivity contribution in [1.82, 2.24) is 10.2 Å². The molecule has 0 bridgehead atoms. The monoisotopic (exact) mass is 246 g/mol. The molecule has 96 valence electrons. The van der Waals surface area contributed by atoms with Gasteiger partial charge in [-0.15, -0.1) is 4.99 Å². The van der Waals surface area contributed by atoms with Crippen LogP contribution in [0.25, 0.3) is 0 Å². The first-order valence-electron chi connectivity index (χ1n) is 4.95. The minimum Gasteiger partial charge on any atom is -0.465 e. The Balaban J connectivity index is 2.65. The summed E-state index contributed by atoms with van der Waals surface area (Å²) in [6.07, 6.45) is -1.75. The maximum absolute atomic E-state index is 10.5. The number of aliphatic imine (C=N–C) groups is 1. The molecule has 0 saturated carbocycles. The summed E-state index contributed by atoms with van der Waals surface area (Å²) in [6, 6.07) is 0. The summed E-state index contributed by atoms with van der Waals surface area (Å²) < 4.78 is 0. The van der Waals surface area contributed by atoms with Gasteiger partial charge < -0.3 is 20.0 Å². The van der Waals surface area contributed by atoms with E-state index in [0.29, 0.717) is 25.9 Å². The number of carboxylic acid groups (broad SMARTS) is 2. The smallest absolute Gasteiger partial charge is 0.434 e. The lowest BCUT2D eigenvalue weighted by atomic mass is 10.1. The Hall–Kier alpha value is -1.87. The van der Waals surface area contributed by atoms with Crippen LogP contribution in [0.1, 0.15) is 12.8 Å². The van der Waals surface area contributed by atoms with Crippen LogP contribution >= 0.6 is 0 Å². The Labute approximate surface area is 96.8 Å². The van der Waals surface area contributed by atoms with E-state index in [1.54, 1.807) is 0 Å². The molecule has 0 aromatic carbocycles. The molecule has 9 heteroatoms. The van der Waals surface area contributed by atoms with Crippen LogP contribution in [0.2, 0.25) is 0 Å². The van der Waals surface area contributed by atoms with Crippen molar-refractivity contribution in [3.05, 3.63) is 0 Å². The Kier molecular flexibility index (Phi) is 4.67. The van der Waals surface area contributed by atoms with Gasteiger partial charge in [0, 0.05) is 13.1 Å². The molecule has 1 saturated heterocycles. The summed E-state index contributed by atoms with van der Waals surface area (Å²) in [6.45, 7) is 0.850. The number of rotatable bonds is 1. The van der Waals surface area contributed by atoms with Gasteiger partial charge in [0.15, 0.2) is 0 Å². The highest BCUT2D eigenvalue weighted by molar-refractivity contribution is 5.97. The number of amides is 2. The number of nitrogens with zero attached hydrogens (tertiary/aromatic N) is 2. The normalized spacial score (nSPS) is 17.9. The molecular formula is C8H14N4O5. The number of nitrogens with two attached hydrogens (primary N) is 1. The molecule has 0 aliphatic carbocycles. The van der Waals surface area contributed by atoms with Crippen molar-refractivity contribution in [2.24, 2.45) is 10.9 Å². The fraction of sp³-hybridized carbons (Fsp3) is 0.625. The van der Waals surface area contributed by atoms with E-state index >= 15 is 0 Å². The molecule has 1 heterocycles. The van der Waals surface area contributed by atoms with Gasteiger partial charge in [0.25, 0.3) is 0 Å². The SMILES string of the molecule is NOC1CCN(C(=NC(=O)O)NC(=O)O)CC1. The number of carbonyl (C=O) groups is 2. The lowest BCUT2D eigenvalue weighted by Crippen LogP contribution is -2.49. The van der Waals surface area contributed by atoms with Crippen molar-refractivity contribution in [3.8, 4) is 0 Å². The van der Waals surface area contributed by atoms with Crippen molar-refractivity contribution in [3.63, 3.8) is 0 Å². The largest absolute Gasteiger partial charge is 0.465 e. The third-order valence-corrected chi connectivity index (χ3v) is 2.35. The van der Waals surface area contributed by atoms with Gasteiger partial charge >= 0.3 is 12.2 Å². The van der Waals surface area contributed by atoms with Gasteiger partial charge in [0.05, 0.1) is 6.10 Å². The van der Waals surface area contributed by atoms with E-state index in [0.717, 1.165) is 0 Å². The Bertz CT molecular complexity index is 324. The van der Waals surface area contributed by atoms with Crippen LogP contribution in [0.5, 0.6) is 0 Å². The third kappa shape index (κ3) is 4.25. The van der Waals surface area contributed by atoms with Crippen LogP contribution in [-0.4, -0.2) is 52.5 Å². The van der Waals surface area contributed by atoms with E-state index in [9.17, 15) is 9.59 Å². The van der Waals surface area contributed by atoms with Gasteiger partial charge in [0.2, 0.25) is 5.96 Å². The molecule has 1 aliphatic heterocycles. The van der Waals surface area contributed by atoms with Gasteiger partial charge in [0.1, 0.15) is 0 Å². The second kappa shape index (κ2) is 6.01. The molecule has 17 heavy (non-hydrogen) atoms. The third-order valence-electron chi connectivity index (χ3n) is 2.35. The Morgan fingerprint density at radius 3 is 2.35 bits per heavy atom. The van der Waals surface area contributed by atoms with Crippen molar-refractivity contribution in [1.29, 1.82) is 0 Å². The van der Waals surface area contributed by atoms with Crippen molar-refractivity contribution >= 4 is 18.1 Å². The molecule has 0 spiro atoms. The van der Waals surface area contributed by atoms with E-state index in [1.807, 2.05) is 5.32 Å². The zero-order valence-electron chi connectivity index (χ0n) is 9.00. The van der Waals surface area contributed by atoms with Crippen LogP contribution in [-0.2, 0) is 4.84 Å². The second-order valence-corrected chi connectivity index (χ2v) is 3.47. The maximum Gasteiger partial charge on any atom is 0.434 e. The second-order valence-electron chi connectivity index (χ2n) is 3.47. The van der Waals surface area contributed by atoms with Crippen LogP contribution in [0.4, 0.5) is 9.59 Å². The minimum atomic E-state index is -1.45. The molecule has 1 rings (SSSR count). The highest BCUT2D eigenvalue weighted by Gasteiger charge is 2.23. The highest BCUT2D eigenvalue weighted by atomic mass is 16.6. The van der Waals surface area contributed by atoms with Gasteiger partial charge in [-0.25, -0.2) is 15.5 Å². The number of hydrogen-bond donors (Lipinski definition) is 4. The van der Waals surface area contributed by atoms with E-state index in [-0.39, 0.29) is 12.1 Å². The molecule has 0 atom stereocenters. The first-order chi connectivity index (χ1) is 8.02. The predicted molar refractivity (Wildman–Crippen MR) is 56.5 cm³/mol. The number of likely N-dealkylation sites (tertiary alicyclic amines) is 1. The zero-order chi connectivity index (χ0) is 12.8. The Morgan fingerprint density at radius 1 is 1.35 bits per heavy atom. The number of guanidine groups is 1. The van der Waals surface area contributed by atoms with Crippen molar-refractivity contribution < 1.29 is 24.6 Å². The first kappa shape index (κ1) is 13.2. The quantitative estimate of drug-likeness (QED) is 0.281. The number of piperidine rings is 1. The minimum absolute atomic E-state index is 0.0952. The molecule has 9 nitrogen and oxygen atoms in total. The van der Waals surface area contributed by atoms with Gasteiger partial charge in [-0.3, -0.25) is 5.32 Å². The average Bonchev–Trinajstić information content (AvgIpc) is 2.27. The van der Waals surface area contributed by atoms with Crippen LogP contribution in [0, 0.1) is 0 Å². The molecule has 5 N–H and O–H groups in total. The molecule has 0 radical (unpaired) electrons. The summed E-state index contributed by atoms with van der Waals surface area (Å²) in [5, 5.41) is 19.1. The number of nitrogens with one attached hydrogen (secondary N) is 1. The van der Waals surface area contributed by atoms with Crippen LogP contribution < -0.4 is 11.2 Å². The Morgan fingerprint density at radius 2 is 1.94 bits per heavy atom. The molecule has 0 aromatic heterocycles.